The van der Waals surface area contributed by atoms with Gasteiger partial charge in [0.2, 0.25) is 5.91 Å². The van der Waals surface area contributed by atoms with Crippen LogP contribution in [0.15, 0.2) is 0 Å². The van der Waals surface area contributed by atoms with E-state index in [1.54, 1.807) is 0 Å². The molecule has 0 bridgehead atoms. The molecular formula is C42H69NO7S. The molecule has 51 heavy (non-hydrogen) atoms. The van der Waals surface area contributed by atoms with Gasteiger partial charge in [0.15, 0.2) is 9.84 Å². The number of carbonyl (C=O) groups is 3. The summed E-state index contributed by atoms with van der Waals surface area (Å²) < 4.78 is 30.6. The van der Waals surface area contributed by atoms with Crippen LogP contribution in [0, 0.1) is 68.0 Å². The Bertz CT molecular complexity index is 1490. The minimum absolute atomic E-state index is 0.0137. The lowest BCUT2D eigenvalue weighted by atomic mass is 9.32. The van der Waals surface area contributed by atoms with Gasteiger partial charge in [-0.2, -0.15) is 0 Å². The van der Waals surface area contributed by atoms with Crippen molar-refractivity contribution in [2.24, 2.45) is 68.0 Å². The zero-order valence-corrected chi connectivity index (χ0v) is 34.1. The van der Waals surface area contributed by atoms with Gasteiger partial charge in [-0.1, -0.05) is 62.3 Å². The Morgan fingerprint density at radius 1 is 0.824 bits per heavy atom. The quantitative estimate of drug-likeness (QED) is 0.250. The summed E-state index contributed by atoms with van der Waals surface area (Å²) in [6.45, 7) is 21.6. The van der Waals surface area contributed by atoms with Gasteiger partial charge in [0.25, 0.3) is 0 Å². The molecule has 1 saturated heterocycles. The van der Waals surface area contributed by atoms with Gasteiger partial charge < -0.3 is 14.7 Å². The van der Waals surface area contributed by atoms with E-state index in [1.807, 2.05) is 18.7 Å². The molecule has 0 spiro atoms. The van der Waals surface area contributed by atoms with E-state index in [1.165, 1.54) is 25.7 Å². The SMILES string of the molecule is CC(C)[C@@H]1CC[C@]2(CC(=O)N3CCS(=O)(=O)CC3)CC[C@]3(C)[C@H](CC[C@@H]4[C@@]5(C)CC[C@H](OC(=O)CC(C)(C)CC(=O)O)C(C)(C)[C@@H]5CC[C@]43C)[C@@H]12. The minimum Gasteiger partial charge on any atom is -0.481 e. The Labute approximate surface area is 308 Å². The van der Waals surface area contributed by atoms with Crippen molar-refractivity contribution in [3.05, 3.63) is 0 Å². The third-order valence-corrected chi connectivity index (χ3v) is 18.8. The Balaban J connectivity index is 1.23. The van der Waals surface area contributed by atoms with Crippen molar-refractivity contribution < 1.29 is 32.6 Å². The molecule has 0 aromatic carbocycles. The van der Waals surface area contributed by atoms with E-state index >= 15 is 0 Å². The lowest BCUT2D eigenvalue weighted by molar-refractivity contribution is -0.252. The van der Waals surface area contributed by atoms with Crippen LogP contribution < -0.4 is 0 Å². The summed E-state index contributed by atoms with van der Waals surface area (Å²) in [5, 5.41) is 9.34. The molecule has 5 saturated carbocycles. The van der Waals surface area contributed by atoms with Crippen LogP contribution in [0.5, 0.6) is 0 Å². The Hall–Kier alpha value is -1.64. The monoisotopic (exact) mass is 731 g/mol. The standard InChI is InChI=1S/C42H69NO7S/c1-27(2)28-12-17-42(24-33(44)43-20-22-51(48,49)23-21-43)19-18-40(8)29(36(28)42)10-11-31-39(7)15-14-32(38(5,6)30(39)13-16-41(31,40)9)50-35(47)26-37(3,4)25-34(45)46/h27-32,36H,10-26H2,1-9H3,(H,45,46)/t28-,29+,30-,31+,32-,36+,39-,40+,41+,42+/m0/s1. The van der Waals surface area contributed by atoms with Crippen LogP contribution in [0.1, 0.15) is 146 Å². The Kier molecular flexibility index (Phi) is 9.95. The number of rotatable bonds is 8. The summed E-state index contributed by atoms with van der Waals surface area (Å²) in [4.78, 5) is 40.4. The molecule has 6 rings (SSSR count). The van der Waals surface area contributed by atoms with Crippen LogP contribution in [-0.4, -0.2) is 67.0 Å². The normalized spacial score (nSPS) is 43.0. The van der Waals surface area contributed by atoms with Crippen molar-refractivity contribution in [1.82, 2.24) is 4.90 Å². The van der Waals surface area contributed by atoms with Crippen LogP contribution in [-0.2, 0) is 29.0 Å². The summed E-state index contributed by atoms with van der Waals surface area (Å²) in [6, 6.07) is 0. The van der Waals surface area contributed by atoms with Gasteiger partial charge in [-0.25, -0.2) is 8.42 Å². The summed E-state index contributed by atoms with van der Waals surface area (Å²) in [5.41, 5.74) is -0.304. The molecule has 0 unspecified atom stereocenters. The topological polar surface area (TPSA) is 118 Å². The fourth-order valence-corrected chi connectivity index (χ4v) is 15.7. The average molecular weight is 732 g/mol. The summed E-state index contributed by atoms with van der Waals surface area (Å²) in [7, 11) is -3.04. The number of fused-ring (bicyclic) bond motifs is 7. The van der Waals surface area contributed by atoms with E-state index < -0.39 is 21.2 Å². The van der Waals surface area contributed by atoms with Gasteiger partial charge in [0.1, 0.15) is 6.10 Å². The average Bonchev–Trinajstić information content (AvgIpc) is 3.37. The number of nitrogens with zero attached hydrogens (tertiary/aromatic N) is 1. The smallest absolute Gasteiger partial charge is 0.306 e. The van der Waals surface area contributed by atoms with Crippen molar-refractivity contribution in [1.29, 1.82) is 0 Å². The highest BCUT2D eigenvalue weighted by molar-refractivity contribution is 7.91. The van der Waals surface area contributed by atoms with E-state index in [4.69, 9.17) is 4.74 Å². The molecule has 9 heteroatoms. The number of carboxylic acid groups (broad SMARTS) is 1. The second kappa shape index (κ2) is 13.0. The van der Waals surface area contributed by atoms with Crippen LogP contribution in [0.4, 0.5) is 0 Å². The van der Waals surface area contributed by atoms with Gasteiger partial charge >= 0.3 is 11.9 Å². The molecule has 1 heterocycles. The summed E-state index contributed by atoms with van der Waals surface area (Å²) >= 11 is 0. The number of ether oxygens (including phenoxy) is 1. The van der Waals surface area contributed by atoms with Crippen molar-refractivity contribution in [3.63, 3.8) is 0 Å². The molecule has 1 N–H and O–H groups in total. The first-order chi connectivity index (χ1) is 23.5. The van der Waals surface area contributed by atoms with Crippen molar-refractivity contribution in [2.75, 3.05) is 24.6 Å². The highest BCUT2D eigenvalue weighted by atomic mass is 32.2. The van der Waals surface area contributed by atoms with Crippen molar-refractivity contribution in [2.45, 2.75) is 152 Å². The molecule has 10 atom stereocenters. The molecule has 1 aliphatic heterocycles. The van der Waals surface area contributed by atoms with E-state index in [0.717, 1.165) is 38.5 Å². The fraction of sp³-hybridized carbons (Fsp3) is 0.929. The molecule has 0 aromatic heterocycles. The zero-order chi connectivity index (χ0) is 37.6. The second-order valence-corrected chi connectivity index (χ2v) is 23.3. The molecular weight excluding hydrogens is 663 g/mol. The number of amides is 1. The molecule has 1 amide bonds. The van der Waals surface area contributed by atoms with Gasteiger partial charge in [-0.3, -0.25) is 14.4 Å². The maximum Gasteiger partial charge on any atom is 0.306 e. The molecule has 8 nitrogen and oxygen atoms in total. The van der Waals surface area contributed by atoms with E-state index in [-0.39, 0.29) is 69.4 Å². The van der Waals surface area contributed by atoms with E-state index in [9.17, 15) is 27.9 Å². The van der Waals surface area contributed by atoms with Crippen LogP contribution in [0.25, 0.3) is 0 Å². The predicted molar refractivity (Wildman–Crippen MR) is 199 cm³/mol. The van der Waals surface area contributed by atoms with Crippen molar-refractivity contribution >= 4 is 27.7 Å². The third-order valence-electron chi connectivity index (χ3n) is 17.2. The summed E-state index contributed by atoms with van der Waals surface area (Å²) in [6.07, 6.45) is 11.6. The van der Waals surface area contributed by atoms with Gasteiger partial charge in [-0.05, 0) is 127 Å². The maximum atomic E-state index is 14.0. The van der Waals surface area contributed by atoms with Crippen LogP contribution >= 0.6 is 0 Å². The number of hydrogen-bond acceptors (Lipinski definition) is 6. The minimum atomic E-state index is -3.04. The largest absolute Gasteiger partial charge is 0.481 e. The first kappa shape index (κ1) is 39.1. The van der Waals surface area contributed by atoms with Gasteiger partial charge in [0.05, 0.1) is 24.3 Å². The van der Waals surface area contributed by atoms with Crippen LogP contribution in [0.2, 0.25) is 0 Å². The third kappa shape index (κ3) is 6.51. The molecule has 0 radical (unpaired) electrons. The van der Waals surface area contributed by atoms with E-state index in [2.05, 4.69) is 48.5 Å². The highest BCUT2D eigenvalue weighted by Gasteiger charge is 2.71. The Morgan fingerprint density at radius 3 is 2.12 bits per heavy atom. The van der Waals surface area contributed by atoms with Crippen LogP contribution in [0.3, 0.4) is 0 Å². The Morgan fingerprint density at radius 2 is 1.49 bits per heavy atom. The maximum absolute atomic E-state index is 14.0. The summed E-state index contributed by atoms with van der Waals surface area (Å²) in [5.74, 6) is 2.50. The van der Waals surface area contributed by atoms with Gasteiger partial charge in [-0.15, -0.1) is 0 Å². The highest BCUT2D eigenvalue weighted by Crippen LogP contribution is 2.78. The van der Waals surface area contributed by atoms with E-state index in [0.29, 0.717) is 55.0 Å². The molecule has 6 aliphatic rings. The van der Waals surface area contributed by atoms with Gasteiger partial charge in [0, 0.05) is 24.9 Å². The number of esters is 1. The number of aliphatic carboxylic acids is 1. The predicted octanol–water partition coefficient (Wildman–Crippen LogP) is 8.17. The fourth-order valence-electron chi connectivity index (χ4n) is 14.5. The molecule has 0 aromatic rings. The van der Waals surface area contributed by atoms with Crippen molar-refractivity contribution in [3.8, 4) is 0 Å². The first-order valence-corrected chi connectivity index (χ1v) is 22.2. The first-order valence-electron chi connectivity index (χ1n) is 20.4. The second-order valence-electron chi connectivity index (χ2n) is 21.0. The molecule has 6 fully saturated rings. The molecule has 5 aliphatic carbocycles. The zero-order valence-electron chi connectivity index (χ0n) is 33.3. The number of hydrogen-bond donors (Lipinski definition) is 1. The lowest BCUT2D eigenvalue weighted by Gasteiger charge is -2.73. The number of carboxylic acids is 1. The lowest BCUT2D eigenvalue weighted by Crippen LogP contribution is -2.67. The molecule has 290 valence electrons. The number of sulfone groups is 1. The number of carbonyl (C=O) groups excluding carboxylic acids is 2.